The molecular formula is C19H19N5O2. The number of aryl methyl sites for hydroxylation is 1. The highest BCUT2D eigenvalue weighted by atomic mass is 16.6. The van der Waals surface area contributed by atoms with Crippen LogP contribution in [0.25, 0.3) is 0 Å². The Morgan fingerprint density at radius 3 is 2.77 bits per heavy atom. The molecule has 26 heavy (non-hydrogen) atoms. The van der Waals surface area contributed by atoms with Crippen LogP contribution in [-0.2, 0) is 6.54 Å². The van der Waals surface area contributed by atoms with Crippen LogP contribution < -0.4 is 20.1 Å². The standard InChI is InChI=1S/C19H19N5O2/c1-13-9-18(23-15-4-5-16-17(10-15)26-8-7-25-16)24-19(22-13)21-12-14-3-2-6-20-11-14/h2-6,9-11H,7-8,12H2,1H3,(H2,21,22,23,24). The van der Waals surface area contributed by atoms with E-state index in [2.05, 4.69) is 25.6 Å². The number of fused-ring (bicyclic) bond motifs is 1. The molecule has 0 radical (unpaired) electrons. The molecule has 3 aromatic rings. The quantitative estimate of drug-likeness (QED) is 0.731. The SMILES string of the molecule is Cc1cc(Nc2ccc3c(c2)OCCO3)nc(NCc2cccnc2)n1. The molecule has 2 aromatic heterocycles. The lowest BCUT2D eigenvalue weighted by molar-refractivity contribution is 0.171. The van der Waals surface area contributed by atoms with Crippen molar-refractivity contribution in [2.45, 2.75) is 13.5 Å². The van der Waals surface area contributed by atoms with Crippen LogP contribution in [0.2, 0.25) is 0 Å². The minimum Gasteiger partial charge on any atom is -0.486 e. The molecule has 1 aromatic carbocycles. The van der Waals surface area contributed by atoms with Gasteiger partial charge < -0.3 is 20.1 Å². The second kappa shape index (κ2) is 7.26. The van der Waals surface area contributed by atoms with Crippen molar-refractivity contribution in [1.82, 2.24) is 15.0 Å². The van der Waals surface area contributed by atoms with Crippen molar-refractivity contribution in [1.29, 1.82) is 0 Å². The molecule has 0 aliphatic carbocycles. The maximum Gasteiger partial charge on any atom is 0.225 e. The predicted molar refractivity (Wildman–Crippen MR) is 99.0 cm³/mol. The van der Waals surface area contributed by atoms with Crippen LogP contribution in [0.1, 0.15) is 11.3 Å². The number of nitrogens with one attached hydrogen (secondary N) is 2. The first-order valence-corrected chi connectivity index (χ1v) is 8.41. The van der Waals surface area contributed by atoms with Gasteiger partial charge in [0.15, 0.2) is 11.5 Å². The first kappa shape index (κ1) is 16.1. The summed E-state index contributed by atoms with van der Waals surface area (Å²) >= 11 is 0. The molecule has 0 atom stereocenters. The second-order valence-electron chi connectivity index (χ2n) is 5.92. The number of nitrogens with zero attached hydrogens (tertiary/aromatic N) is 3. The number of benzene rings is 1. The molecule has 4 rings (SSSR count). The molecule has 0 amide bonds. The zero-order valence-electron chi connectivity index (χ0n) is 14.4. The Bertz CT molecular complexity index is 902. The lowest BCUT2D eigenvalue weighted by atomic mass is 10.2. The van der Waals surface area contributed by atoms with Crippen LogP contribution in [0.5, 0.6) is 11.5 Å². The molecule has 2 N–H and O–H groups in total. The smallest absolute Gasteiger partial charge is 0.225 e. The third-order valence-electron chi connectivity index (χ3n) is 3.84. The lowest BCUT2D eigenvalue weighted by Crippen LogP contribution is -2.15. The highest BCUT2D eigenvalue weighted by Gasteiger charge is 2.12. The van der Waals surface area contributed by atoms with E-state index in [0.29, 0.717) is 31.5 Å². The van der Waals surface area contributed by atoms with Gasteiger partial charge in [-0.25, -0.2) is 4.98 Å². The van der Waals surface area contributed by atoms with E-state index in [9.17, 15) is 0 Å². The lowest BCUT2D eigenvalue weighted by Gasteiger charge is -2.19. The normalized spacial score (nSPS) is 12.5. The van der Waals surface area contributed by atoms with E-state index in [4.69, 9.17) is 9.47 Å². The van der Waals surface area contributed by atoms with E-state index in [1.165, 1.54) is 0 Å². The van der Waals surface area contributed by atoms with Gasteiger partial charge in [0.2, 0.25) is 5.95 Å². The summed E-state index contributed by atoms with van der Waals surface area (Å²) in [6, 6.07) is 11.5. The summed E-state index contributed by atoms with van der Waals surface area (Å²) in [6.45, 7) is 3.69. The van der Waals surface area contributed by atoms with Crippen LogP contribution in [0.4, 0.5) is 17.5 Å². The summed E-state index contributed by atoms with van der Waals surface area (Å²) in [4.78, 5) is 13.1. The van der Waals surface area contributed by atoms with Gasteiger partial charge >= 0.3 is 0 Å². The van der Waals surface area contributed by atoms with Gasteiger partial charge in [-0.15, -0.1) is 0 Å². The predicted octanol–water partition coefficient (Wildman–Crippen LogP) is 3.31. The molecule has 0 unspecified atom stereocenters. The van der Waals surface area contributed by atoms with Crippen molar-refractivity contribution in [3.63, 3.8) is 0 Å². The fourth-order valence-corrected chi connectivity index (χ4v) is 2.66. The Balaban J connectivity index is 1.49. The molecule has 7 nitrogen and oxygen atoms in total. The Morgan fingerprint density at radius 1 is 1.04 bits per heavy atom. The number of aromatic nitrogens is 3. The number of pyridine rings is 1. The number of ether oxygens (including phenoxy) is 2. The van der Waals surface area contributed by atoms with E-state index >= 15 is 0 Å². The monoisotopic (exact) mass is 349 g/mol. The highest BCUT2D eigenvalue weighted by molar-refractivity contribution is 5.62. The van der Waals surface area contributed by atoms with E-state index in [1.54, 1.807) is 6.20 Å². The minimum absolute atomic E-state index is 0.561. The summed E-state index contributed by atoms with van der Waals surface area (Å²) < 4.78 is 11.2. The maximum absolute atomic E-state index is 5.62. The Kier molecular flexibility index (Phi) is 4.51. The van der Waals surface area contributed by atoms with Gasteiger partial charge in [-0.05, 0) is 30.7 Å². The minimum atomic E-state index is 0.561. The van der Waals surface area contributed by atoms with Crippen LogP contribution >= 0.6 is 0 Å². The van der Waals surface area contributed by atoms with E-state index in [-0.39, 0.29) is 0 Å². The van der Waals surface area contributed by atoms with Crippen molar-refractivity contribution >= 4 is 17.5 Å². The third-order valence-corrected chi connectivity index (χ3v) is 3.84. The molecule has 3 heterocycles. The van der Waals surface area contributed by atoms with Gasteiger partial charge in [-0.2, -0.15) is 4.98 Å². The Morgan fingerprint density at radius 2 is 1.92 bits per heavy atom. The van der Waals surface area contributed by atoms with Crippen LogP contribution in [0.3, 0.4) is 0 Å². The first-order valence-electron chi connectivity index (χ1n) is 8.41. The molecule has 0 bridgehead atoms. The summed E-state index contributed by atoms with van der Waals surface area (Å²) in [5.41, 5.74) is 2.82. The fourth-order valence-electron chi connectivity index (χ4n) is 2.66. The summed E-state index contributed by atoms with van der Waals surface area (Å²) in [5, 5.41) is 6.53. The fraction of sp³-hybridized carbons (Fsp3) is 0.211. The van der Waals surface area contributed by atoms with Gasteiger partial charge in [0.25, 0.3) is 0 Å². The third kappa shape index (κ3) is 3.83. The number of hydrogen-bond donors (Lipinski definition) is 2. The Labute approximate surface area is 151 Å². The second-order valence-corrected chi connectivity index (χ2v) is 5.92. The average molecular weight is 349 g/mol. The van der Waals surface area contributed by atoms with Crippen molar-refractivity contribution in [3.8, 4) is 11.5 Å². The van der Waals surface area contributed by atoms with Crippen molar-refractivity contribution in [3.05, 3.63) is 60.0 Å². The largest absolute Gasteiger partial charge is 0.486 e. The molecule has 132 valence electrons. The van der Waals surface area contributed by atoms with Crippen LogP contribution in [0.15, 0.2) is 48.8 Å². The van der Waals surface area contributed by atoms with Crippen LogP contribution in [0, 0.1) is 6.92 Å². The van der Waals surface area contributed by atoms with Crippen molar-refractivity contribution in [2.24, 2.45) is 0 Å². The first-order chi connectivity index (χ1) is 12.8. The van der Waals surface area contributed by atoms with E-state index < -0.39 is 0 Å². The molecule has 0 spiro atoms. The van der Waals surface area contributed by atoms with E-state index in [0.717, 1.165) is 28.4 Å². The molecule has 7 heteroatoms. The van der Waals surface area contributed by atoms with Gasteiger partial charge in [0, 0.05) is 42.5 Å². The number of anilines is 3. The Hall–Kier alpha value is -3.35. The molecular weight excluding hydrogens is 330 g/mol. The molecule has 0 saturated carbocycles. The number of rotatable bonds is 5. The summed E-state index contributed by atoms with van der Waals surface area (Å²) in [5.74, 6) is 2.78. The van der Waals surface area contributed by atoms with Crippen molar-refractivity contribution in [2.75, 3.05) is 23.8 Å². The number of hydrogen-bond acceptors (Lipinski definition) is 7. The molecule has 0 fully saturated rings. The summed E-state index contributed by atoms with van der Waals surface area (Å²) in [6.07, 6.45) is 3.57. The zero-order chi connectivity index (χ0) is 17.8. The zero-order valence-corrected chi connectivity index (χ0v) is 14.4. The van der Waals surface area contributed by atoms with Crippen LogP contribution in [-0.4, -0.2) is 28.2 Å². The van der Waals surface area contributed by atoms with Crippen molar-refractivity contribution < 1.29 is 9.47 Å². The molecule has 0 saturated heterocycles. The van der Waals surface area contributed by atoms with Gasteiger partial charge in [0.1, 0.15) is 19.0 Å². The maximum atomic E-state index is 5.62. The molecule has 1 aliphatic heterocycles. The van der Waals surface area contributed by atoms with Gasteiger partial charge in [-0.3, -0.25) is 4.98 Å². The highest BCUT2D eigenvalue weighted by Crippen LogP contribution is 2.33. The van der Waals surface area contributed by atoms with Gasteiger partial charge in [-0.1, -0.05) is 6.07 Å². The average Bonchev–Trinajstić information content (AvgIpc) is 2.67. The van der Waals surface area contributed by atoms with E-state index in [1.807, 2.05) is 49.5 Å². The topological polar surface area (TPSA) is 81.2 Å². The summed E-state index contributed by atoms with van der Waals surface area (Å²) in [7, 11) is 0. The molecule has 1 aliphatic rings. The van der Waals surface area contributed by atoms with Gasteiger partial charge in [0.05, 0.1) is 0 Å².